The number of aromatic hydroxyl groups is 1. The number of allylic oxidation sites excluding steroid dienone is 3. The molecule has 3 fully saturated rings. The number of imide groups is 2. The highest BCUT2D eigenvalue weighted by Gasteiger charge is 2.76. The van der Waals surface area contributed by atoms with E-state index in [-0.39, 0.29) is 42.3 Å². The van der Waals surface area contributed by atoms with Gasteiger partial charge in [0.05, 0.1) is 29.2 Å². The summed E-state index contributed by atoms with van der Waals surface area (Å²) in [4.78, 5) is 53.9. The van der Waals surface area contributed by atoms with Gasteiger partial charge in [-0.05, 0) is 66.8 Å². The Labute approximate surface area is 267 Å². The van der Waals surface area contributed by atoms with Crippen molar-refractivity contribution in [1.82, 2.24) is 4.90 Å². The van der Waals surface area contributed by atoms with Crippen LogP contribution in [0.3, 0.4) is 0 Å². The average molecular weight is 737 g/mol. The zero-order valence-corrected chi connectivity index (χ0v) is 26.4. The molecule has 1 saturated carbocycles. The van der Waals surface area contributed by atoms with Gasteiger partial charge in [0.15, 0.2) is 9.75 Å². The second-order valence-corrected chi connectivity index (χ2v) is 13.9. The minimum absolute atomic E-state index is 0.0489. The second-order valence-electron chi connectivity index (χ2n) is 11.3. The molecule has 2 saturated heterocycles. The molecule has 2 aliphatic carbocycles. The molecule has 2 aromatic rings. The van der Waals surface area contributed by atoms with E-state index in [9.17, 15) is 24.3 Å². The first kappa shape index (κ1) is 28.1. The first-order valence-electron chi connectivity index (χ1n) is 13.3. The molecular formula is C30H22Br2Cl2N2O6. The third-order valence-electron chi connectivity index (χ3n) is 9.25. The van der Waals surface area contributed by atoms with Crippen LogP contribution >= 0.6 is 55.1 Å². The largest absolute Gasteiger partial charge is 0.508 e. The number of carbonyl (C=O) groups excluding carboxylic acids is 4. The number of rotatable bonds is 3. The van der Waals surface area contributed by atoms with Gasteiger partial charge in [0.2, 0.25) is 11.8 Å². The van der Waals surface area contributed by atoms with Crippen LogP contribution in [-0.2, 0) is 25.6 Å². The molecule has 0 bridgehead atoms. The van der Waals surface area contributed by atoms with E-state index in [1.165, 1.54) is 17.2 Å². The van der Waals surface area contributed by atoms with Crippen molar-refractivity contribution < 1.29 is 29.0 Å². The second kappa shape index (κ2) is 9.67. The highest BCUT2D eigenvalue weighted by molar-refractivity contribution is 9.10. The first-order valence-corrected chi connectivity index (χ1v) is 16.0. The summed E-state index contributed by atoms with van der Waals surface area (Å²) >= 11 is 21.2. The number of benzene rings is 2. The summed E-state index contributed by atoms with van der Waals surface area (Å²) in [6.07, 6.45) is 3.85. The summed E-state index contributed by atoms with van der Waals surface area (Å²) < 4.78 is 6.73. The number of alkyl halides is 3. The van der Waals surface area contributed by atoms with Crippen LogP contribution in [0.15, 0.2) is 70.4 Å². The van der Waals surface area contributed by atoms with E-state index in [1.807, 2.05) is 6.08 Å². The van der Waals surface area contributed by atoms with Crippen LogP contribution in [0.2, 0.25) is 0 Å². The molecule has 7 rings (SSSR count). The number of phenols is 1. The van der Waals surface area contributed by atoms with E-state index < -0.39 is 45.2 Å². The van der Waals surface area contributed by atoms with Gasteiger partial charge in [-0.3, -0.25) is 29.0 Å². The normalized spacial score (nSPS) is 33.4. The summed E-state index contributed by atoms with van der Waals surface area (Å²) in [5.41, 5.74) is 2.31. The standard InChI is InChI=1S/C30H22Br2Cl2N2O6/c31-13-35-27(40)29(33)11-21-19(6-7-20-23(21)26(39)36(25(20)38)17-3-1-16(32)2-4-17)24(30(29,34)28(35)41)15-9-14-10-18(37)5-8-22(14)42-12-15/h1-6,8,10,12,20-21,23-24,37H,7,9,11,13H2. The average Bonchev–Trinajstić information content (AvgIpc) is 3.30. The van der Waals surface area contributed by atoms with Crippen LogP contribution in [0, 0.1) is 23.7 Å². The number of anilines is 1. The minimum Gasteiger partial charge on any atom is -0.508 e. The molecule has 0 radical (unpaired) electrons. The van der Waals surface area contributed by atoms with Crippen molar-refractivity contribution >= 4 is 84.4 Å². The van der Waals surface area contributed by atoms with Gasteiger partial charge in [0.25, 0.3) is 11.8 Å². The maximum Gasteiger partial charge on any atom is 0.254 e. The van der Waals surface area contributed by atoms with Crippen LogP contribution in [-0.4, -0.2) is 48.8 Å². The van der Waals surface area contributed by atoms with Gasteiger partial charge in [-0.15, -0.1) is 23.2 Å². The number of halogens is 4. The van der Waals surface area contributed by atoms with E-state index in [0.29, 0.717) is 28.1 Å². The van der Waals surface area contributed by atoms with Gasteiger partial charge in [-0.2, -0.15) is 0 Å². The molecule has 0 spiro atoms. The fourth-order valence-corrected chi connectivity index (χ4v) is 9.11. The Morgan fingerprint density at radius 1 is 1.00 bits per heavy atom. The zero-order chi connectivity index (χ0) is 29.7. The Hall–Kier alpha value is -2.66. The molecule has 216 valence electrons. The molecule has 0 aromatic heterocycles. The quantitative estimate of drug-likeness (QED) is 0.196. The molecular weight excluding hydrogens is 715 g/mol. The molecule has 42 heavy (non-hydrogen) atoms. The topological polar surface area (TPSA) is 104 Å². The molecule has 8 nitrogen and oxygen atoms in total. The van der Waals surface area contributed by atoms with E-state index >= 15 is 0 Å². The van der Waals surface area contributed by atoms with Crippen molar-refractivity contribution in [3.05, 3.63) is 76.0 Å². The van der Waals surface area contributed by atoms with Gasteiger partial charge >= 0.3 is 0 Å². The fraction of sp³-hybridized carbons (Fsp3) is 0.333. The van der Waals surface area contributed by atoms with Crippen LogP contribution < -0.4 is 9.64 Å². The lowest BCUT2D eigenvalue weighted by Gasteiger charge is -2.51. The zero-order valence-electron chi connectivity index (χ0n) is 21.7. The predicted octanol–water partition coefficient (Wildman–Crippen LogP) is 5.42. The number of carbonyl (C=O) groups is 4. The number of fused-ring (bicyclic) bond motifs is 5. The number of hydrogen-bond acceptors (Lipinski definition) is 6. The molecule has 3 aliphatic heterocycles. The van der Waals surface area contributed by atoms with Crippen molar-refractivity contribution in [2.24, 2.45) is 23.7 Å². The predicted molar refractivity (Wildman–Crippen MR) is 161 cm³/mol. The van der Waals surface area contributed by atoms with Gasteiger partial charge in [0.1, 0.15) is 11.5 Å². The maximum atomic E-state index is 14.1. The van der Waals surface area contributed by atoms with Crippen LogP contribution in [0.5, 0.6) is 11.5 Å². The van der Waals surface area contributed by atoms with Crippen LogP contribution in [0.4, 0.5) is 5.69 Å². The maximum absolute atomic E-state index is 14.1. The third kappa shape index (κ3) is 3.64. The van der Waals surface area contributed by atoms with E-state index in [0.717, 1.165) is 9.37 Å². The van der Waals surface area contributed by atoms with Crippen molar-refractivity contribution in [2.75, 3.05) is 10.4 Å². The molecule has 5 aliphatic rings. The summed E-state index contributed by atoms with van der Waals surface area (Å²) in [6.45, 7) is 0. The van der Waals surface area contributed by atoms with Crippen molar-refractivity contribution in [2.45, 2.75) is 29.0 Å². The van der Waals surface area contributed by atoms with Gasteiger partial charge in [0, 0.05) is 22.4 Å². The van der Waals surface area contributed by atoms with Crippen LogP contribution in [0.25, 0.3) is 0 Å². The third-order valence-corrected chi connectivity index (χ3v) is 11.7. The van der Waals surface area contributed by atoms with Gasteiger partial charge in [-0.25, -0.2) is 0 Å². The highest BCUT2D eigenvalue weighted by Crippen LogP contribution is 2.65. The molecule has 6 unspecified atom stereocenters. The van der Waals surface area contributed by atoms with E-state index in [4.69, 9.17) is 27.9 Å². The molecule has 1 N–H and O–H groups in total. The fourth-order valence-electron chi connectivity index (χ4n) is 7.41. The van der Waals surface area contributed by atoms with Gasteiger partial charge in [-0.1, -0.05) is 43.5 Å². The number of hydrogen-bond donors (Lipinski definition) is 1. The van der Waals surface area contributed by atoms with Crippen molar-refractivity contribution in [1.29, 1.82) is 0 Å². The van der Waals surface area contributed by atoms with Gasteiger partial charge < -0.3 is 9.84 Å². The molecule has 2 aromatic carbocycles. The van der Waals surface area contributed by atoms with Crippen molar-refractivity contribution in [3.63, 3.8) is 0 Å². The summed E-state index contributed by atoms with van der Waals surface area (Å²) in [5, 5.41) is 10.1. The van der Waals surface area contributed by atoms with Crippen molar-refractivity contribution in [3.8, 4) is 11.5 Å². The lowest BCUT2D eigenvalue weighted by Crippen LogP contribution is -2.61. The first-order chi connectivity index (χ1) is 20.0. The smallest absolute Gasteiger partial charge is 0.254 e. The Balaban J connectivity index is 1.36. The number of amides is 4. The lowest BCUT2D eigenvalue weighted by molar-refractivity contribution is -0.138. The number of likely N-dealkylation sites (tertiary alicyclic amines) is 1. The van der Waals surface area contributed by atoms with E-state index in [2.05, 4.69) is 31.9 Å². The van der Waals surface area contributed by atoms with E-state index in [1.54, 1.807) is 36.4 Å². The summed E-state index contributed by atoms with van der Waals surface area (Å²) in [7, 11) is 0. The Bertz CT molecular complexity index is 1660. The Morgan fingerprint density at radius 2 is 1.74 bits per heavy atom. The number of nitrogens with zero attached hydrogens (tertiary/aromatic N) is 2. The summed E-state index contributed by atoms with van der Waals surface area (Å²) in [6, 6.07) is 11.7. The molecule has 12 heteroatoms. The SMILES string of the molecule is O=C1C2CC=C3C(CC4(Cl)C(=O)N(CBr)C(=O)C4(Cl)C3C3=COc4ccc(O)cc4C3)C2C(=O)N1c1ccc(Br)cc1. The number of ether oxygens (including phenoxy) is 1. The highest BCUT2D eigenvalue weighted by atomic mass is 79.9. The molecule has 3 heterocycles. The number of phenolic OH excluding ortho intramolecular Hbond substituents is 1. The van der Waals surface area contributed by atoms with Crippen LogP contribution in [0.1, 0.15) is 18.4 Å². The Kier molecular flexibility index (Phi) is 6.48. The molecule has 6 atom stereocenters. The minimum atomic E-state index is -1.91. The summed E-state index contributed by atoms with van der Waals surface area (Å²) in [5.74, 6) is -4.36. The lowest BCUT2D eigenvalue weighted by atomic mass is 9.56. The monoisotopic (exact) mass is 734 g/mol. The molecule has 4 amide bonds. The Morgan fingerprint density at radius 3 is 2.45 bits per heavy atom.